The summed E-state index contributed by atoms with van der Waals surface area (Å²) in [6.45, 7) is 0.203. The minimum absolute atomic E-state index is 0.203. The maximum absolute atomic E-state index is 11.7. The molecule has 1 heterocycles. The van der Waals surface area contributed by atoms with Crippen LogP contribution in [-0.4, -0.2) is 5.97 Å². The Labute approximate surface area is 114 Å². The number of carbonyl (C=O) groups is 1. The Hall–Kier alpha value is -1.36. The molecular weight excluding hydrogens is 270 g/mol. The molecule has 0 aliphatic rings. The molecule has 0 saturated carbocycles. The molecule has 1 aromatic carbocycles. The summed E-state index contributed by atoms with van der Waals surface area (Å²) in [5, 5.41) is 2.53. The maximum Gasteiger partial charge on any atom is 0.328 e. The largest absolute Gasteiger partial charge is 0.459 e. The van der Waals surface area contributed by atoms with Crippen LogP contribution in [0.1, 0.15) is 16.5 Å². The average molecular weight is 282 g/mol. The molecule has 0 fully saturated rings. The van der Waals surface area contributed by atoms with Crippen molar-refractivity contribution < 1.29 is 9.53 Å². The molecule has 0 aliphatic heterocycles. The van der Waals surface area contributed by atoms with E-state index in [1.54, 1.807) is 12.1 Å². The van der Waals surface area contributed by atoms with Gasteiger partial charge in [-0.3, -0.25) is 0 Å². The van der Waals surface area contributed by atoms with Crippen LogP contribution in [0.2, 0.25) is 5.02 Å². The van der Waals surface area contributed by atoms with Crippen LogP contribution in [-0.2, 0) is 16.1 Å². The van der Waals surface area contributed by atoms with Crippen molar-refractivity contribution in [1.29, 1.82) is 0 Å². The van der Waals surface area contributed by atoms with E-state index in [0.717, 1.165) is 10.4 Å². The predicted molar refractivity (Wildman–Crippen MR) is 72.5 cm³/mol. The van der Waals surface area contributed by atoms with Gasteiger partial charge in [-0.2, -0.15) is 0 Å². The van der Waals surface area contributed by atoms with Crippen molar-refractivity contribution in [2.45, 2.75) is 12.6 Å². The second-order valence-electron chi connectivity index (χ2n) is 3.73. The number of carbonyl (C=O) groups excluding carboxylic acids is 1. The number of thiophene rings is 1. The standard InChI is InChI=1S/C13H12ClNO2S/c14-10-5-3-9(4-6-10)8-17-13(16)12(15)11-2-1-7-18-11/h1-7,12H,8,15H2. The number of benzene rings is 1. The van der Waals surface area contributed by atoms with E-state index in [-0.39, 0.29) is 6.61 Å². The Balaban J connectivity index is 1.90. The van der Waals surface area contributed by atoms with Crippen molar-refractivity contribution >= 4 is 28.9 Å². The van der Waals surface area contributed by atoms with Gasteiger partial charge >= 0.3 is 5.97 Å². The van der Waals surface area contributed by atoms with Crippen molar-refractivity contribution in [3.8, 4) is 0 Å². The molecule has 18 heavy (non-hydrogen) atoms. The number of rotatable bonds is 4. The van der Waals surface area contributed by atoms with E-state index in [1.165, 1.54) is 11.3 Å². The predicted octanol–water partition coefficient (Wildman–Crippen LogP) is 3.14. The first-order valence-corrected chi connectivity index (χ1v) is 6.62. The van der Waals surface area contributed by atoms with E-state index >= 15 is 0 Å². The van der Waals surface area contributed by atoms with Crippen LogP contribution in [0, 0.1) is 0 Å². The summed E-state index contributed by atoms with van der Waals surface area (Å²) < 4.78 is 5.15. The normalized spacial score (nSPS) is 12.1. The van der Waals surface area contributed by atoms with Crippen LogP contribution in [0.25, 0.3) is 0 Å². The summed E-state index contributed by atoms with van der Waals surface area (Å²) in [5.74, 6) is -0.424. The molecule has 0 saturated heterocycles. The van der Waals surface area contributed by atoms with Gasteiger partial charge in [0, 0.05) is 9.90 Å². The Kier molecular flexibility index (Phi) is 4.36. The molecule has 0 spiro atoms. The van der Waals surface area contributed by atoms with Crippen LogP contribution < -0.4 is 5.73 Å². The maximum atomic E-state index is 11.7. The Morgan fingerprint density at radius 3 is 2.67 bits per heavy atom. The second-order valence-corrected chi connectivity index (χ2v) is 5.14. The quantitative estimate of drug-likeness (QED) is 0.876. The number of esters is 1. The summed E-state index contributed by atoms with van der Waals surface area (Å²) >= 11 is 7.21. The van der Waals surface area contributed by atoms with Gasteiger partial charge < -0.3 is 10.5 Å². The Bertz CT molecular complexity index is 510. The number of hydrogen-bond donors (Lipinski definition) is 1. The van der Waals surface area contributed by atoms with E-state index in [0.29, 0.717) is 5.02 Å². The lowest BCUT2D eigenvalue weighted by Crippen LogP contribution is -2.22. The highest BCUT2D eigenvalue weighted by molar-refractivity contribution is 7.10. The monoisotopic (exact) mass is 281 g/mol. The molecule has 2 aromatic rings. The highest BCUT2D eigenvalue weighted by Gasteiger charge is 2.18. The minimum atomic E-state index is -0.711. The van der Waals surface area contributed by atoms with E-state index in [9.17, 15) is 4.79 Å². The van der Waals surface area contributed by atoms with Crippen LogP contribution in [0.5, 0.6) is 0 Å². The lowest BCUT2D eigenvalue weighted by molar-refractivity contribution is -0.146. The summed E-state index contributed by atoms with van der Waals surface area (Å²) in [4.78, 5) is 12.5. The van der Waals surface area contributed by atoms with Crippen LogP contribution in [0.4, 0.5) is 0 Å². The first-order chi connectivity index (χ1) is 8.66. The smallest absolute Gasteiger partial charge is 0.328 e. The molecule has 1 aromatic heterocycles. The van der Waals surface area contributed by atoms with Crippen molar-refractivity contribution in [2.75, 3.05) is 0 Å². The molecule has 1 atom stereocenters. The van der Waals surface area contributed by atoms with Crippen LogP contribution in [0.15, 0.2) is 41.8 Å². The van der Waals surface area contributed by atoms with Gasteiger partial charge in [-0.05, 0) is 29.1 Å². The highest BCUT2D eigenvalue weighted by Crippen LogP contribution is 2.18. The molecule has 5 heteroatoms. The molecule has 2 rings (SSSR count). The van der Waals surface area contributed by atoms with Gasteiger partial charge in [-0.25, -0.2) is 4.79 Å². The van der Waals surface area contributed by atoms with Gasteiger partial charge in [0.15, 0.2) is 0 Å². The van der Waals surface area contributed by atoms with Crippen molar-refractivity contribution in [1.82, 2.24) is 0 Å². The zero-order valence-electron chi connectivity index (χ0n) is 9.51. The van der Waals surface area contributed by atoms with E-state index in [2.05, 4.69) is 0 Å². The topological polar surface area (TPSA) is 52.3 Å². The third kappa shape index (κ3) is 3.32. The SMILES string of the molecule is NC(C(=O)OCc1ccc(Cl)cc1)c1cccs1. The lowest BCUT2D eigenvalue weighted by Gasteiger charge is -2.10. The summed E-state index contributed by atoms with van der Waals surface area (Å²) in [6.07, 6.45) is 0. The molecule has 1 unspecified atom stereocenters. The van der Waals surface area contributed by atoms with Gasteiger partial charge in [-0.1, -0.05) is 29.8 Å². The molecule has 0 bridgehead atoms. The first kappa shape index (κ1) is 13.1. The third-order valence-electron chi connectivity index (χ3n) is 2.40. The fourth-order valence-electron chi connectivity index (χ4n) is 1.41. The van der Waals surface area contributed by atoms with Crippen molar-refractivity contribution in [3.05, 3.63) is 57.2 Å². The third-order valence-corrected chi connectivity index (χ3v) is 3.61. The summed E-state index contributed by atoms with van der Waals surface area (Å²) in [5.41, 5.74) is 6.67. The fraction of sp³-hybridized carbons (Fsp3) is 0.154. The summed E-state index contributed by atoms with van der Waals surface area (Å²) in [6, 6.07) is 10.1. The van der Waals surface area contributed by atoms with Gasteiger partial charge in [-0.15, -0.1) is 11.3 Å². The molecule has 0 aliphatic carbocycles. The van der Waals surface area contributed by atoms with Crippen LogP contribution >= 0.6 is 22.9 Å². The lowest BCUT2D eigenvalue weighted by atomic mass is 10.2. The molecular formula is C13H12ClNO2S. The van der Waals surface area contributed by atoms with Crippen molar-refractivity contribution in [3.63, 3.8) is 0 Å². The second kappa shape index (κ2) is 6.00. The van der Waals surface area contributed by atoms with Crippen molar-refractivity contribution in [2.24, 2.45) is 5.73 Å². The number of ether oxygens (including phenoxy) is 1. The summed E-state index contributed by atoms with van der Waals surface area (Å²) in [7, 11) is 0. The number of hydrogen-bond acceptors (Lipinski definition) is 4. The van der Waals surface area contributed by atoms with E-state index in [4.69, 9.17) is 22.1 Å². The zero-order chi connectivity index (χ0) is 13.0. The van der Waals surface area contributed by atoms with E-state index < -0.39 is 12.0 Å². The molecule has 0 amide bonds. The number of halogens is 1. The molecule has 2 N–H and O–H groups in total. The molecule has 0 radical (unpaired) electrons. The molecule has 3 nitrogen and oxygen atoms in total. The van der Waals surface area contributed by atoms with Crippen LogP contribution in [0.3, 0.4) is 0 Å². The number of nitrogens with two attached hydrogens (primary N) is 1. The average Bonchev–Trinajstić information content (AvgIpc) is 2.90. The Morgan fingerprint density at radius 2 is 2.06 bits per heavy atom. The van der Waals surface area contributed by atoms with Gasteiger partial charge in [0.25, 0.3) is 0 Å². The highest BCUT2D eigenvalue weighted by atomic mass is 35.5. The van der Waals surface area contributed by atoms with Gasteiger partial charge in [0.05, 0.1) is 0 Å². The van der Waals surface area contributed by atoms with E-state index in [1.807, 2.05) is 29.6 Å². The van der Waals surface area contributed by atoms with Gasteiger partial charge in [0.2, 0.25) is 0 Å². The zero-order valence-corrected chi connectivity index (χ0v) is 11.1. The van der Waals surface area contributed by atoms with Gasteiger partial charge in [0.1, 0.15) is 12.6 Å². The Morgan fingerprint density at radius 1 is 1.33 bits per heavy atom. The molecule has 94 valence electrons. The first-order valence-electron chi connectivity index (χ1n) is 5.37. The minimum Gasteiger partial charge on any atom is -0.459 e. The fourth-order valence-corrected chi connectivity index (χ4v) is 2.25.